The number of nitrogens with two attached hydrogens (primary N) is 1. The second-order valence-electron chi connectivity index (χ2n) is 11.6. The van der Waals surface area contributed by atoms with Gasteiger partial charge in [0.2, 0.25) is 5.91 Å². The number of nitrogens with one attached hydrogen (secondary N) is 2. The molecule has 3 unspecified atom stereocenters. The van der Waals surface area contributed by atoms with Crippen LogP contribution in [0.2, 0.25) is 0 Å². The summed E-state index contributed by atoms with van der Waals surface area (Å²) in [5.74, 6) is -0.0471. The zero-order valence-corrected chi connectivity index (χ0v) is 30.7. The molecule has 0 spiro atoms. The van der Waals surface area contributed by atoms with E-state index < -0.39 is 84.9 Å². The highest BCUT2D eigenvalue weighted by Gasteiger charge is 2.50. The Morgan fingerprint density at radius 3 is 2.41 bits per heavy atom. The number of phosphoric ester groups is 3. The van der Waals surface area contributed by atoms with Crippen LogP contribution < -0.4 is 16.4 Å². The van der Waals surface area contributed by atoms with E-state index in [1.165, 1.54) is 20.8 Å². The van der Waals surface area contributed by atoms with Crippen LogP contribution in [0.5, 0.6) is 0 Å². The number of hydrogen-bond donors (Lipinski definition) is 10. The number of rotatable bonds is 20. The zero-order valence-electron chi connectivity index (χ0n) is 27.2. The normalized spacial score (nSPS) is 23.4. The van der Waals surface area contributed by atoms with Crippen molar-refractivity contribution in [2.75, 3.05) is 37.8 Å². The number of aliphatic hydroxyl groups is 3. The van der Waals surface area contributed by atoms with Gasteiger partial charge in [0.15, 0.2) is 22.8 Å². The first-order chi connectivity index (χ1) is 23.5. The molecule has 0 bridgehead atoms. The van der Waals surface area contributed by atoms with E-state index in [0.29, 0.717) is 5.75 Å². The molecule has 0 radical (unpaired) electrons. The minimum Gasteiger partial charge on any atom is -0.388 e. The Morgan fingerprint density at radius 2 is 1.76 bits per heavy atom. The molecule has 1 aliphatic rings. The Balaban J connectivity index is 1.55. The Kier molecular flexibility index (Phi) is 15.2. The van der Waals surface area contributed by atoms with Gasteiger partial charge in [-0.2, -0.15) is 4.31 Å². The van der Waals surface area contributed by atoms with E-state index >= 15 is 0 Å². The number of ether oxygens (including phenoxy) is 1. The molecule has 0 aromatic carbocycles. The Bertz CT molecular complexity index is 1660. The van der Waals surface area contributed by atoms with Crippen molar-refractivity contribution >= 4 is 63.2 Å². The van der Waals surface area contributed by atoms with Gasteiger partial charge in [0.05, 0.1) is 19.5 Å². The van der Waals surface area contributed by atoms with Gasteiger partial charge in [-0.05, 0) is 0 Å². The molecule has 0 aliphatic carbocycles. The largest absolute Gasteiger partial charge is 0.481 e. The van der Waals surface area contributed by atoms with E-state index in [9.17, 15) is 58.2 Å². The number of carbonyl (C=O) groups is 2. The number of fused-ring (bicyclic) bond motifs is 1. The van der Waals surface area contributed by atoms with Crippen molar-refractivity contribution in [3.63, 3.8) is 0 Å². The topological polar surface area (TPSA) is 367 Å². The lowest BCUT2D eigenvalue weighted by Gasteiger charge is -2.34. The predicted octanol–water partition coefficient (Wildman–Crippen LogP) is -1.52. The molecule has 3 heterocycles. The summed E-state index contributed by atoms with van der Waals surface area (Å²) in [6, 6.07) is 0. The summed E-state index contributed by atoms with van der Waals surface area (Å²) in [4.78, 5) is 73.6. The first-order valence-electron chi connectivity index (χ1n) is 14.7. The summed E-state index contributed by atoms with van der Waals surface area (Å²) >= 11 is 1.04. The predicted molar refractivity (Wildman–Crippen MR) is 174 cm³/mol. The molecule has 2 aromatic heterocycles. The Hall–Kier alpha value is -1.99. The van der Waals surface area contributed by atoms with Gasteiger partial charge < -0.3 is 50.7 Å². The van der Waals surface area contributed by atoms with Crippen molar-refractivity contribution in [1.29, 1.82) is 0 Å². The number of aromatic nitrogens is 4. The van der Waals surface area contributed by atoms with Gasteiger partial charge in [-0.15, -0.1) is 0 Å². The van der Waals surface area contributed by atoms with Gasteiger partial charge in [-0.25, -0.2) is 28.6 Å². The lowest BCUT2D eigenvalue weighted by atomic mass is 9.86. The standard InChI is InChI=1S/C23H40N7O17P3S/c1-12(31)51-7-6-25-14(32)4-5-26-21(35)18(34)23(2,3)9-44-50(41,42)47-49(39,40)43-8-13-17(46-48(36,37)38)16(33)22(45-13)30-11-29-15-19(24)27-10-28-20(15)30/h10-11,13,16-18,21-22,26,33-35H,4-9H2,1-3H3,(H,25,32)(H,39,40)(H,41,42)(H2,24,27,28)(H2,36,37,38)/t13-,16-,17-,18+,21?,22-/m1/s1. The molecule has 51 heavy (non-hydrogen) atoms. The number of hydrogen-bond acceptors (Lipinski definition) is 19. The number of nitrogens with zero attached hydrogens (tertiary/aromatic N) is 4. The lowest BCUT2D eigenvalue weighted by Crippen LogP contribution is -2.49. The van der Waals surface area contributed by atoms with Crippen molar-refractivity contribution < 1.29 is 80.8 Å². The molecule has 3 rings (SSSR count). The van der Waals surface area contributed by atoms with Crippen molar-refractivity contribution in [1.82, 2.24) is 30.2 Å². The summed E-state index contributed by atoms with van der Waals surface area (Å²) in [5, 5.41) is 36.7. The molecular formula is C23H40N7O17P3S. The summed E-state index contributed by atoms with van der Waals surface area (Å²) in [5.41, 5.74) is 4.37. The van der Waals surface area contributed by atoms with Gasteiger partial charge in [-0.1, -0.05) is 25.6 Å². The summed E-state index contributed by atoms with van der Waals surface area (Å²) in [6.07, 6.45) is -8.24. The summed E-state index contributed by atoms with van der Waals surface area (Å²) < 4.78 is 62.0. The van der Waals surface area contributed by atoms with E-state index in [0.717, 1.165) is 29.0 Å². The second kappa shape index (κ2) is 17.9. The molecular weight excluding hydrogens is 771 g/mol. The van der Waals surface area contributed by atoms with E-state index in [4.69, 9.17) is 19.5 Å². The average Bonchev–Trinajstić information content (AvgIpc) is 3.57. The smallest absolute Gasteiger partial charge is 0.388 e. The van der Waals surface area contributed by atoms with E-state index in [1.54, 1.807) is 0 Å². The fourth-order valence-corrected chi connectivity index (χ4v) is 7.77. The number of anilines is 1. The number of aliphatic hydroxyl groups excluding tert-OH is 3. The van der Waals surface area contributed by atoms with Crippen molar-refractivity contribution in [2.45, 2.75) is 64.1 Å². The van der Waals surface area contributed by atoms with Crippen molar-refractivity contribution in [2.24, 2.45) is 5.41 Å². The van der Waals surface area contributed by atoms with Crippen LogP contribution in [0.25, 0.3) is 11.2 Å². The molecule has 28 heteroatoms. The molecule has 1 saturated heterocycles. The van der Waals surface area contributed by atoms with Crippen LogP contribution in [0.1, 0.15) is 33.4 Å². The summed E-state index contributed by atoms with van der Waals surface area (Å²) in [7, 11) is -16.3. The molecule has 11 N–H and O–H groups in total. The maximum Gasteiger partial charge on any atom is 0.481 e. The maximum absolute atomic E-state index is 12.6. The third-order valence-electron chi connectivity index (χ3n) is 6.97. The molecule has 290 valence electrons. The minimum atomic E-state index is -5.54. The minimum absolute atomic E-state index is 0.0364. The number of phosphoric acid groups is 3. The lowest BCUT2D eigenvalue weighted by molar-refractivity contribution is -0.121. The SMILES string of the molecule is CC(=O)SCCNC(=O)CCNC(O)[C@H](O)C(C)(C)COP(=O)(O)OP(=O)(O)OC[C@H]1O[C@@H](n2cnc3c(N)ncnc32)[C@H](O)[C@@H]1OP(=O)(O)O. The molecule has 0 saturated carbocycles. The van der Waals surface area contributed by atoms with E-state index in [-0.39, 0.29) is 41.6 Å². The van der Waals surface area contributed by atoms with E-state index in [2.05, 4.69) is 34.4 Å². The monoisotopic (exact) mass is 811 g/mol. The van der Waals surface area contributed by atoms with Crippen LogP contribution in [-0.2, 0) is 45.9 Å². The molecule has 8 atom stereocenters. The van der Waals surface area contributed by atoms with Gasteiger partial charge in [0.25, 0.3) is 0 Å². The quantitative estimate of drug-likeness (QED) is 0.0412. The Labute approximate surface area is 293 Å². The van der Waals surface area contributed by atoms with Gasteiger partial charge in [-0.3, -0.25) is 33.0 Å². The maximum atomic E-state index is 12.6. The number of thioether (sulfide) groups is 1. The second-order valence-corrected chi connectivity index (χ2v) is 17.1. The van der Waals surface area contributed by atoms with E-state index in [1.807, 2.05) is 0 Å². The molecule has 1 aliphatic heterocycles. The molecule has 1 fully saturated rings. The number of carbonyl (C=O) groups excluding carboxylic acids is 2. The number of nitrogen functional groups attached to an aromatic ring is 1. The highest BCUT2D eigenvalue weighted by Crippen LogP contribution is 2.61. The average molecular weight is 812 g/mol. The van der Waals surface area contributed by atoms with Crippen LogP contribution in [-0.4, -0.2) is 128 Å². The number of imidazole rings is 1. The van der Waals surface area contributed by atoms with Gasteiger partial charge in [0, 0.05) is 37.6 Å². The highest BCUT2D eigenvalue weighted by molar-refractivity contribution is 8.13. The van der Waals surface area contributed by atoms with Crippen LogP contribution in [0, 0.1) is 5.41 Å². The van der Waals surface area contributed by atoms with Crippen LogP contribution in [0.4, 0.5) is 5.82 Å². The number of amides is 1. The first kappa shape index (κ1) is 43.4. The molecule has 24 nitrogen and oxygen atoms in total. The van der Waals surface area contributed by atoms with Crippen molar-refractivity contribution in [3.05, 3.63) is 12.7 Å². The fraction of sp³-hybridized carbons (Fsp3) is 0.696. The van der Waals surface area contributed by atoms with Crippen molar-refractivity contribution in [3.8, 4) is 0 Å². The third kappa shape index (κ3) is 13.1. The van der Waals surface area contributed by atoms with Crippen LogP contribution >= 0.6 is 35.2 Å². The Morgan fingerprint density at radius 1 is 1.10 bits per heavy atom. The summed E-state index contributed by atoms with van der Waals surface area (Å²) in [6.45, 7) is 2.23. The zero-order chi connectivity index (χ0) is 38.4. The third-order valence-corrected chi connectivity index (χ3v) is 10.9. The first-order valence-corrected chi connectivity index (χ1v) is 20.2. The molecule has 1 amide bonds. The van der Waals surface area contributed by atoms with Crippen LogP contribution in [0.3, 0.4) is 0 Å². The fourth-order valence-electron chi connectivity index (χ4n) is 4.45. The molecule has 2 aromatic rings. The van der Waals surface area contributed by atoms with Gasteiger partial charge in [0.1, 0.15) is 42.5 Å². The van der Waals surface area contributed by atoms with Crippen LogP contribution in [0.15, 0.2) is 12.7 Å². The van der Waals surface area contributed by atoms with Gasteiger partial charge >= 0.3 is 23.5 Å². The highest BCUT2D eigenvalue weighted by atomic mass is 32.2.